The van der Waals surface area contributed by atoms with E-state index in [0.29, 0.717) is 36.1 Å². The number of amides is 1. The predicted octanol–water partition coefficient (Wildman–Crippen LogP) is 1.66. The molecule has 1 amide bonds. The summed E-state index contributed by atoms with van der Waals surface area (Å²) in [5.74, 6) is 0.914. The van der Waals surface area contributed by atoms with Gasteiger partial charge < -0.3 is 15.2 Å². The van der Waals surface area contributed by atoms with Crippen LogP contribution in [0.1, 0.15) is 12.3 Å². The van der Waals surface area contributed by atoms with Gasteiger partial charge in [0.2, 0.25) is 17.6 Å². The maximum Gasteiger partial charge on any atom is 0.227 e. The van der Waals surface area contributed by atoms with Crippen molar-refractivity contribution in [3.8, 4) is 11.4 Å². The van der Waals surface area contributed by atoms with Crippen molar-refractivity contribution >= 4 is 17.5 Å². The van der Waals surface area contributed by atoms with E-state index < -0.39 is 0 Å². The van der Waals surface area contributed by atoms with E-state index in [2.05, 4.69) is 20.8 Å². The van der Waals surface area contributed by atoms with E-state index in [4.69, 9.17) is 16.1 Å². The lowest BCUT2D eigenvalue weighted by Gasteiger charge is -2.02. The van der Waals surface area contributed by atoms with E-state index in [1.165, 1.54) is 0 Å². The number of benzene rings is 1. The number of hydrogen-bond acceptors (Lipinski definition) is 5. The third-order valence-corrected chi connectivity index (χ3v) is 3.09. The van der Waals surface area contributed by atoms with E-state index >= 15 is 0 Å². The summed E-state index contributed by atoms with van der Waals surface area (Å²) in [5.41, 5.74) is 0.827. The van der Waals surface area contributed by atoms with Crippen LogP contribution in [-0.2, 0) is 11.2 Å². The van der Waals surface area contributed by atoms with E-state index in [1.54, 1.807) is 12.1 Å². The average Bonchev–Trinajstić information content (AvgIpc) is 2.95. The Hall–Kier alpha value is -1.92. The van der Waals surface area contributed by atoms with Crippen LogP contribution in [0.4, 0.5) is 0 Å². The number of carbonyl (C=O) groups excluding carboxylic acids is 1. The molecule has 21 heavy (non-hydrogen) atoms. The van der Waals surface area contributed by atoms with Crippen LogP contribution in [0.5, 0.6) is 0 Å². The summed E-state index contributed by atoms with van der Waals surface area (Å²) < 4.78 is 5.14. The zero-order chi connectivity index (χ0) is 15.1. The maximum absolute atomic E-state index is 11.6. The molecule has 0 fully saturated rings. The Morgan fingerprint density at radius 3 is 2.76 bits per heavy atom. The second-order valence-electron chi connectivity index (χ2n) is 4.47. The molecular weight excluding hydrogens is 292 g/mol. The van der Waals surface area contributed by atoms with Crippen LogP contribution in [0.15, 0.2) is 28.8 Å². The van der Waals surface area contributed by atoms with Crippen molar-refractivity contribution in [2.45, 2.75) is 12.8 Å². The minimum absolute atomic E-state index is 0.0310. The van der Waals surface area contributed by atoms with E-state index in [0.717, 1.165) is 12.1 Å². The van der Waals surface area contributed by atoms with Crippen molar-refractivity contribution < 1.29 is 9.32 Å². The number of carbonyl (C=O) groups is 1. The zero-order valence-corrected chi connectivity index (χ0v) is 12.5. The molecule has 1 aromatic carbocycles. The first-order chi connectivity index (χ1) is 10.2. The fourth-order valence-corrected chi connectivity index (χ4v) is 1.83. The molecule has 0 saturated heterocycles. The number of aromatic nitrogens is 2. The smallest absolute Gasteiger partial charge is 0.227 e. The molecule has 0 aliphatic heterocycles. The fraction of sp³-hybridized carbons (Fsp3) is 0.357. The van der Waals surface area contributed by atoms with Gasteiger partial charge >= 0.3 is 0 Å². The van der Waals surface area contributed by atoms with Gasteiger partial charge in [0.25, 0.3) is 0 Å². The monoisotopic (exact) mass is 308 g/mol. The molecule has 0 spiro atoms. The summed E-state index contributed by atoms with van der Waals surface area (Å²) in [6, 6.07) is 7.17. The zero-order valence-electron chi connectivity index (χ0n) is 11.7. The van der Waals surface area contributed by atoms with Gasteiger partial charge in [-0.2, -0.15) is 4.98 Å². The fourth-order valence-electron chi connectivity index (χ4n) is 1.71. The number of rotatable bonds is 7. The number of aryl methyl sites for hydroxylation is 1. The van der Waals surface area contributed by atoms with E-state index in [1.807, 2.05) is 19.2 Å². The number of likely N-dealkylation sites (N-methyl/N-ethyl adjacent to an activating group) is 1. The van der Waals surface area contributed by atoms with Gasteiger partial charge in [-0.1, -0.05) is 16.8 Å². The molecule has 0 aliphatic carbocycles. The Balaban J connectivity index is 1.86. The van der Waals surface area contributed by atoms with Gasteiger partial charge in [0, 0.05) is 36.5 Å². The molecule has 0 aliphatic rings. The molecule has 0 unspecified atom stereocenters. The third kappa shape index (κ3) is 4.84. The van der Waals surface area contributed by atoms with Crippen LogP contribution in [0, 0.1) is 0 Å². The molecule has 6 nitrogen and oxygen atoms in total. The third-order valence-electron chi connectivity index (χ3n) is 2.83. The molecular formula is C14H17ClN4O2. The number of nitrogens with one attached hydrogen (secondary N) is 2. The molecule has 112 valence electrons. The van der Waals surface area contributed by atoms with Gasteiger partial charge in [-0.05, 0) is 31.3 Å². The van der Waals surface area contributed by atoms with Crippen molar-refractivity contribution in [2.75, 3.05) is 20.1 Å². The van der Waals surface area contributed by atoms with Crippen LogP contribution < -0.4 is 10.6 Å². The number of halogens is 1. The van der Waals surface area contributed by atoms with Gasteiger partial charge in [-0.25, -0.2) is 0 Å². The van der Waals surface area contributed by atoms with Crippen LogP contribution in [0.3, 0.4) is 0 Å². The summed E-state index contributed by atoms with van der Waals surface area (Å²) in [6.45, 7) is 1.35. The molecule has 2 N–H and O–H groups in total. The Morgan fingerprint density at radius 2 is 2.05 bits per heavy atom. The van der Waals surface area contributed by atoms with Gasteiger partial charge in [0.05, 0.1) is 0 Å². The second-order valence-corrected chi connectivity index (χ2v) is 4.91. The van der Waals surface area contributed by atoms with Gasteiger partial charge in [0.15, 0.2) is 0 Å². The minimum Gasteiger partial charge on any atom is -0.355 e. The molecule has 2 aromatic rings. The summed E-state index contributed by atoms with van der Waals surface area (Å²) in [4.78, 5) is 15.8. The minimum atomic E-state index is -0.0310. The molecule has 1 heterocycles. The quantitative estimate of drug-likeness (QED) is 0.760. The van der Waals surface area contributed by atoms with Gasteiger partial charge in [-0.15, -0.1) is 0 Å². The Labute approximate surface area is 127 Å². The van der Waals surface area contributed by atoms with Crippen LogP contribution in [0.25, 0.3) is 11.4 Å². The normalized spacial score (nSPS) is 10.6. The first kappa shape index (κ1) is 15.5. The lowest BCUT2D eigenvalue weighted by Crippen LogP contribution is -2.30. The molecule has 0 saturated carbocycles. The predicted molar refractivity (Wildman–Crippen MR) is 80.0 cm³/mol. The summed E-state index contributed by atoms with van der Waals surface area (Å²) in [6.07, 6.45) is 0.748. The largest absolute Gasteiger partial charge is 0.355 e. The maximum atomic E-state index is 11.6. The highest BCUT2D eigenvalue weighted by Gasteiger charge is 2.10. The van der Waals surface area contributed by atoms with Crippen LogP contribution in [-0.4, -0.2) is 36.2 Å². The van der Waals surface area contributed by atoms with Crippen molar-refractivity contribution in [3.63, 3.8) is 0 Å². The molecule has 0 atom stereocenters. The first-order valence-electron chi connectivity index (χ1n) is 6.69. The van der Waals surface area contributed by atoms with Gasteiger partial charge in [-0.3, -0.25) is 4.79 Å². The van der Waals surface area contributed by atoms with Crippen LogP contribution in [0.2, 0.25) is 5.02 Å². The highest BCUT2D eigenvalue weighted by atomic mass is 35.5. The van der Waals surface area contributed by atoms with Crippen molar-refractivity contribution in [2.24, 2.45) is 0 Å². The van der Waals surface area contributed by atoms with Crippen molar-refractivity contribution in [3.05, 3.63) is 35.2 Å². The number of hydrogen-bond donors (Lipinski definition) is 2. The molecule has 7 heteroatoms. The SMILES string of the molecule is CNCCNC(=O)CCc1nc(-c2ccc(Cl)cc2)no1. The van der Waals surface area contributed by atoms with E-state index in [-0.39, 0.29) is 5.91 Å². The summed E-state index contributed by atoms with van der Waals surface area (Å²) >= 11 is 5.83. The summed E-state index contributed by atoms with van der Waals surface area (Å²) in [7, 11) is 1.84. The molecule has 0 bridgehead atoms. The standard InChI is InChI=1S/C14H17ClN4O2/c1-16-8-9-17-12(20)6-7-13-18-14(19-21-13)10-2-4-11(15)5-3-10/h2-5,16H,6-9H2,1H3,(H,17,20). The van der Waals surface area contributed by atoms with Crippen molar-refractivity contribution in [1.82, 2.24) is 20.8 Å². The Morgan fingerprint density at radius 1 is 1.29 bits per heavy atom. The lowest BCUT2D eigenvalue weighted by atomic mass is 10.2. The first-order valence-corrected chi connectivity index (χ1v) is 7.06. The van der Waals surface area contributed by atoms with Gasteiger partial charge in [0.1, 0.15) is 0 Å². The van der Waals surface area contributed by atoms with E-state index in [9.17, 15) is 4.79 Å². The average molecular weight is 309 g/mol. The lowest BCUT2D eigenvalue weighted by molar-refractivity contribution is -0.121. The topological polar surface area (TPSA) is 80.0 Å². The Kier molecular flexibility index (Phi) is 5.71. The highest BCUT2D eigenvalue weighted by Crippen LogP contribution is 2.18. The van der Waals surface area contributed by atoms with Crippen molar-refractivity contribution in [1.29, 1.82) is 0 Å². The second kappa shape index (κ2) is 7.75. The molecule has 2 rings (SSSR count). The highest BCUT2D eigenvalue weighted by molar-refractivity contribution is 6.30. The molecule has 0 radical (unpaired) electrons. The van der Waals surface area contributed by atoms with Crippen LogP contribution >= 0.6 is 11.6 Å². The molecule has 1 aromatic heterocycles. The Bertz CT molecular complexity index is 583. The number of nitrogens with zero attached hydrogens (tertiary/aromatic N) is 2. The summed E-state index contributed by atoms with van der Waals surface area (Å²) in [5, 5.41) is 10.3.